The smallest absolute Gasteiger partial charge is 0.272 e. The van der Waals surface area contributed by atoms with Crippen LogP contribution in [0.4, 0.5) is 4.39 Å². The van der Waals surface area contributed by atoms with Gasteiger partial charge in [-0.3, -0.25) is 14.7 Å². The second-order valence-electron chi connectivity index (χ2n) is 5.95. The summed E-state index contributed by atoms with van der Waals surface area (Å²) in [7, 11) is 0. The van der Waals surface area contributed by atoms with Crippen LogP contribution >= 0.6 is 0 Å². The quantitative estimate of drug-likeness (QED) is 0.408. The normalized spacial score (nSPS) is 35.7. The number of carbonyl (C=O) groups excluding carboxylic acids is 1. The number of halogens is 1. The van der Waals surface area contributed by atoms with Crippen molar-refractivity contribution in [3.8, 4) is 0 Å². The van der Waals surface area contributed by atoms with Crippen molar-refractivity contribution < 1.29 is 9.18 Å². The van der Waals surface area contributed by atoms with Crippen LogP contribution in [0.5, 0.6) is 0 Å². The van der Waals surface area contributed by atoms with Gasteiger partial charge in [-0.2, -0.15) is 0 Å². The Bertz CT molecular complexity index is 577. The molecule has 1 amide bonds. The van der Waals surface area contributed by atoms with Crippen LogP contribution in [0, 0.1) is 0 Å². The predicted octanol–water partition coefficient (Wildman–Crippen LogP) is -1.43. The van der Waals surface area contributed by atoms with Gasteiger partial charge in [-0.1, -0.05) is 6.08 Å². The van der Waals surface area contributed by atoms with Crippen LogP contribution in [0.3, 0.4) is 0 Å². The molecule has 4 aliphatic heterocycles. The number of hydrazine groups is 2. The van der Waals surface area contributed by atoms with E-state index in [1.165, 1.54) is 0 Å². The number of rotatable bonds is 3. The first-order valence-electron chi connectivity index (χ1n) is 7.77. The lowest BCUT2D eigenvalue weighted by atomic mass is 10.3. The van der Waals surface area contributed by atoms with Gasteiger partial charge in [0.05, 0.1) is 6.17 Å². The van der Waals surface area contributed by atoms with E-state index in [0.717, 1.165) is 0 Å². The van der Waals surface area contributed by atoms with Crippen LogP contribution in [-0.2, 0) is 4.79 Å². The number of likely N-dealkylation sites (tertiary alicyclic amines) is 1. The third kappa shape index (κ3) is 2.78. The minimum Gasteiger partial charge on any atom is -0.365 e. The minimum atomic E-state index is -0.773. The van der Waals surface area contributed by atoms with Crippen molar-refractivity contribution >= 4 is 5.91 Å². The van der Waals surface area contributed by atoms with Crippen molar-refractivity contribution in [1.82, 2.24) is 36.8 Å². The molecule has 5 N–H and O–H groups in total. The van der Waals surface area contributed by atoms with E-state index in [-0.39, 0.29) is 24.4 Å². The molecule has 3 unspecified atom stereocenters. The highest BCUT2D eigenvalue weighted by Crippen LogP contribution is 2.22. The molecule has 9 heteroatoms. The van der Waals surface area contributed by atoms with Crippen LogP contribution in [0.1, 0.15) is 6.42 Å². The fraction of sp³-hybridized carbons (Fsp3) is 0.500. The fourth-order valence-electron chi connectivity index (χ4n) is 3.15. The zero-order valence-corrected chi connectivity index (χ0v) is 12.5. The van der Waals surface area contributed by atoms with Crippen molar-refractivity contribution in [3.05, 3.63) is 36.3 Å². The summed E-state index contributed by atoms with van der Waals surface area (Å²) in [6.45, 7) is 1.13. The first-order chi connectivity index (χ1) is 11.2. The van der Waals surface area contributed by atoms with Crippen LogP contribution in [0.2, 0.25) is 0 Å². The molecule has 0 radical (unpaired) electrons. The van der Waals surface area contributed by atoms with E-state index in [1.54, 1.807) is 17.4 Å². The highest BCUT2D eigenvalue weighted by Gasteiger charge is 2.36. The second kappa shape index (κ2) is 5.84. The number of carbonyl (C=O) groups is 1. The molecule has 4 atom stereocenters. The molecule has 4 rings (SSSR count). The maximum absolute atomic E-state index is 13.4. The summed E-state index contributed by atoms with van der Waals surface area (Å²) in [5, 5.41) is 7.79. The van der Waals surface area contributed by atoms with E-state index in [1.807, 2.05) is 23.1 Å². The Kier molecular flexibility index (Phi) is 3.68. The molecule has 0 aromatic rings. The Morgan fingerprint density at radius 2 is 2.17 bits per heavy atom. The van der Waals surface area contributed by atoms with Gasteiger partial charge in [0.1, 0.15) is 24.2 Å². The van der Waals surface area contributed by atoms with Gasteiger partial charge in [0, 0.05) is 25.5 Å². The Balaban J connectivity index is 1.42. The zero-order valence-electron chi connectivity index (χ0n) is 12.5. The maximum atomic E-state index is 13.4. The topological polar surface area (TPSA) is 83.7 Å². The molecule has 4 heterocycles. The SMILES string of the molecule is O=C(NC1C=CNN1)C1=CNC2C=CC(N3CC[C@H](F)C3)NN12. The average molecular weight is 321 g/mol. The third-order valence-electron chi connectivity index (χ3n) is 4.36. The average Bonchev–Trinajstić information content (AvgIpc) is 3.26. The van der Waals surface area contributed by atoms with Gasteiger partial charge >= 0.3 is 0 Å². The molecule has 124 valence electrons. The number of amides is 1. The number of alkyl halides is 1. The van der Waals surface area contributed by atoms with Gasteiger partial charge in [-0.25, -0.2) is 15.2 Å². The van der Waals surface area contributed by atoms with E-state index < -0.39 is 6.17 Å². The molecule has 4 aliphatic rings. The molecule has 0 spiro atoms. The number of hydrogen-bond acceptors (Lipinski definition) is 7. The van der Waals surface area contributed by atoms with Crippen molar-refractivity contribution in [2.75, 3.05) is 13.1 Å². The summed E-state index contributed by atoms with van der Waals surface area (Å²) in [4.78, 5) is 14.5. The van der Waals surface area contributed by atoms with E-state index in [9.17, 15) is 9.18 Å². The standard InChI is InChI=1S/C14H20FN7O/c15-9-4-6-21(8-9)13-2-1-12-16-7-10(22(12)20-13)14(23)18-11-3-5-17-19-11/h1-3,5,7,9,11-13,16-17,19-20H,4,6,8H2,(H,18,23)/t9-,11?,12?,13?/m0/s1. The van der Waals surface area contributed by atoms with Crippen molar-refractivity contribution in [2.24, 2.45) is 0 Å². The molecule has 0 bridgehead atoms. The van der Waals surface area contributed by atoms with Crippen LogP contribution in [-0.4, -0.2) is 53.6 Å². The molecular weight excluding hydrogens is 301 g/mol. The largest absolute Gasteiger partial charge is 0.365 e. The Hall–Kier alpha value is -2.10. The molecule has 1 fully saturated rings. The molecule has 0 aromatic carbocycles. The van der Waals surface area contributed by atoms with Crippen LogP contribution < -0.4 is 26.9 Å². The Labute approximate surface area is 133 Å². The highest BCUT2D eigenvalue weighted by molar-refractivity contribution is 5.93. The van der Waals surface area contributed by atoms with Crippen molar-refractivity contribution in [1.29, 1.82) is 0 Å². The van der Waals surface area contributed by atoms with Crippen molar-refractivity contribution in [2.45, 2.75) is 31.1 Å². The van der Waals surface area contributed by atoms with Gasteiger partial charge in [-0.15, -0.1) is 0 Å². The molecule has 0 saturated carbocycles. The Morgan fingerprint density at radius 1 is 1.30 bits per heavy atom. The predicted molar refractivity (Wildman–Crippen MR) is 81.3 cm³/mol. The molecular formula is C14H20FN7O. The van der Waals surface area contributed by atoms with Crippen molar-refractivity contribution in [3.63, 3.8) is 0 Å². The summed E-state index contributed by atoms with van der Waals surface area (Å²) in [5.74, 6) is -0.197. The Morgan fingerprint density at radius 3 is 2.91 bits per heavy atom. The lowest BCUT2D eigenvalue weighted by Crippen LogP contribution is -2.59. The van der Waals surface area contributed by atoms with Gasteiger partial charge in [0.25, 0.3) is 5.91 Å². The summed E-state index contributed by atoms with van der Waals surface area (Å²) < 4.78 is 13.4. The number of fused-ring (bicyclic) bond motifs is 1. The molecule has 23 heavy (non-hydrogen) atoms. The molecule has 8 nitrogen and oxygen atoms in total. The molecule has 0 aliphatic carbocycles. The summed E-state index contributed by atoms with van der Waals surface area (Å²) >= 11 is 0. The number of nitrogens with one attached hydrogen (secondary N) is 5. The van der Waals surface area contributed by atoms with Crippen LogP contribution in [0.25, 0.3) is 0 Å². The van der Waals surface area contributed by atoms with Gasteiger partial charge < -0.3 is 16.1 Å². The van der Waals surface area contributed by atoms with E-state index in [0.29, 0.717) is 25.2 Å². The fourth-order valence-corrected chi connectivity index (χ4v) is 3.15. The molecule has 1 saturated heterocycles. The monoisotopic (exact) mass is 321 g/mol. The van der Waals surface area contributed by atoms with Gasteiger partial charge in [0.15, 0.2) is 0 Å². The summed E-state index contributed by atoms with van der Waals surface area (Å²) in [6.07, 6.45) is 8.55. The zero-order chi connectivity index (χ0) is 15.8. The van der Waals surface area contributed by atoms with E-state index >= 15 is 0 Å². The van der Waals surface area contributed by atoms with E-state index in [4.69, 9.17) is 0 Å². The van der Waals surface area contributed by atoms with E-state index in [2.05, 4.69) is 26.9 Å². The lowest BCUT2D eigenvalue weighted by Gasteiger charge is -2.38. The highest BCUT2D eigenvalue weighted by atomic mass is 19.1. The van der Waals surface area contributed by atoms with Gasteiger partial charge in [0.2, 0.25) is 0 Å². The number of hydrogen-bond donors (Lipinski definition) is 5. The minimum absolute atomic E-state index is 0.103. The summed E-state index contributed by atoms with van der Waals surface area (Å²) in [6, 6.07) is 0. The molecule has 0 aromatic heterocycles. The number of nitrogens with zero attached hydrogens (tertiary/aromatic N) is 2. The lowest BCUT2D eigenvalue weighted by molar-refractivity contribution is -0.120. The second-order valence-corrected chi connectivity index (χ2v) is 5.95. The first kappa shape index (κ1) is 14.5. The van der Waals surface area contributed by atoms with Gasteiger partial charge in [-0.05, 0) is 18.6 Å². The first-order valence-corrected chi connectivity index (χ1v) is 7.77. The van der Waals surface area contributed by atoms with Crippen LogP contribution in [0.15, 0.2) is 36.3 Å². The summed E-state index contributed by atoms with van der Waals surface area (Å²) in [5.41, 5.74) is 9.50. The maximum Gasteiger partial charge on any atom is 0.272 e. The third-order valence-corrected chi connectivity index (χ3v) is 4.36.